The third-order valence-corrected chi connectivity index (χ3v) is 7.15. The summed E-state index contributed by atoms with van der Waals surface area (Å²) in [5.74, 6) is -0.662. The third kappa shape index (κ3) is 6.82. The van der Waals surface area contributed by atoms with Crippen LogP contribution in [0.4, 0.5) is 13.2 Å². The smallest absolute Gasteiger partial charge is 0.416 e. The predicted molar refractivity (Wildman–Crippen MR) is 135 cm³/mol. The number of nitrogens with zero attached hydrogens (tertiary/aromatic N) is 3. The van der Waals surface area contributed by atoms with Crippen LogP contribution in [0.5, 0.6) is 5.75 Å². The highest BCUT2D eigenvalue weighted by Crippen LogP contribution is 2.33. The minimum atomic E-state index is -4.59. The Balaban J connectivity index is 1.71. The number of pyridine rings is 1. The van der Waals surface area contributed by atoms with Crippen LogP contribution in [0.3, 0.4) is 0 Å². The second-order valence-corrected chi connectivity index (χ2v) is 11.0. The van der Waals surface area contributed by atoms with E-state index in [1.807, 2.05) is 23.9 Å². The molecule has 0 aliphatic carbocycles. The number of amides is 1. The Hall–Kier alpha value is -2.65. The van der Waals surface area contributed by atoms with Crippen molar-refractivity contribution in [3.8, 4) is 5.75 Å². The number of likely N-dealkylation sites (tertiary alicyclic amines) is 1. The van der Waals surface area contributed by atoms with Crippen molar-refractivity contribution in [1.82, 2.24) is 9.47 Å². The molecule has 1 aromatic heterocycles. The molecule has 6 nitrogen and oxygen atoms in total. The van der Waals surface area contributed by atoms with E-state index in [1.54, 1.807) is 6.07 Å². The lowest BCUT2D eigenvalue weighted by Gasteiger charge is -2.22. The maximum Gasteiger partial charge on any atom is 0.416 e. The van der Waals surface area contributed by atoms with Crippen molar-refractivity contribution in [2.24, 2.45) is 4.99 Å². The van der Waals surface area contributed by atoms with Crippen LogP contribution in [-0.2, 0) is 22.9 Å². The standard InChI is InChI=1S/C28H36F3N3O3/c1-27(2,3)20-10-12-25(34(16-20)17-22-8-6-14-36-22)32-26(35)23-15-19(28(29,30)31)9-11-24(23)37-18-21-7-5-13-33(21)4/h9-12,15-16,21-22H,5-8,13-14,17-18H2,1-4H3/t21-,22+/m0/s1. The summed E-state index contributed by atoms with van der Waals surface area (Å²) in [7, 11) is 1.99. The molecule has 2 saturated heterocycles. The number of aromatic nitrogens is 1. The van der Waals surface area contributed by atoms with Crippen molar-refractivity contribution in [2.75, 3.05) is 26.8 Å². The minimum Gasteiger partial charge on any atom is -0.491 e. The SMILES string of the molecule is CN1CCC[C@H]1COc1ccc(C(F)(F)F)cc1C(=O)N=c1ccc(C(C)(C)C)cn1C[C@H]1CCCO1. The Kier molecular flexibility index (Phi) is 8.14. The lowest BCUT2D eigenvalue weighted by molar-refractivity contribution is -0.137. The van der Waals surface area contributed by atoms with Gasteiger partial charge in [0.1, 0.15) is 17.8 Å². The van der Waals surface area contributed by atoms with Crippen LogP contribution in [0.25, 0.3) is 0 Å². The molecule has 0 spiro atoms. The quantitative estimate of drug-likeness (QED) is 0.527. The molecule has 1 amide bonds. The largest absolute Gasteiger partial charge is 0.491 e. The van der Waals surface area contributed by atoms with E-state index in [0.717, 1.165) is 49.9 Å². The molecule has 3 heterocycles. The van der Waals surface area contributed by atoms with E-state index in [2.05, 4.69) is 30.7 Å². The van der Waals surface area contributed by atoms with E-state index in [0.29, 0.717) is 25.2 Å². The van der Waals surface area contributed by atoms with E-state index in [1.165, 1.54) is 6.07 Å². The Morgan fingerprint density at radius 1 is 1.11 bits per heavy atom. The number of benzene rings is 1. The van der Waals surface area contributed by atoms with Gasteiger partial charge in [-0.25, -0.2) is 0 Å². The molecule has 37 heavy (non-hydrogen) atoms. The average Bonchev–Trinajstić information content (AvgIpc) is 3.49. The molecule has 0 bridgehead atoms. The normalized spacial score (nSPS) is 21.5. The topological polar surface area (TPSA) is 56.1 Å². The van der Waals surface area contributed by atoms with E-state index in [-0.39, 0.29) is 28.9 Å². The van der Waals surface area contributed by atoms with Gasteiger partial charge in [0.05, 0.1) is 23.8 Å². The van der Waals surface area contributed by atoms with Gasteiger partial charge in [-0.15, -0.1) is 0 Å². The zero-order valence-electron chi connectivity index (χ0n) is 22.0. The fourth-order valence-electron chi connectivity index (χ4n) is 4.78. The van der Waals surface area contributed by atoms with Crippen molar-refractivity contribution in [3.05, 3.63) is 58.7 Å². The predicted octanol–water partition coefficient (Wildman–Crippen LogP) is 5.20. The molecular formula is C28H36F3N3O3. The molecule has 0 radical (unpaired) electrons. The van der Waals surface area contributed by atoms with Crippen molar-refractivity contribution >= 4 is 5.91 Å². The van der Waals surface area contributed by atoms with E-state index in [9.17, 15) is 18.0 Å². The van der Waals surface area contributed by atoms with Crippen LogP contribution < -0.4 is 10.2 Å². The molecule has 1 aromatic carbocycles. The van der Waals surface area contributed by atoms with Crippen LogP contribution in [0, 0.1) is 0 Å². The number of rotatable bonds is 6. The Morgan fingerprint density at radius 3 is 2.49 bits per heavy atom. The summed E-state index contributed by atoms with van der Waals surface area (Å²) < 4.78 is 54.1. The Morgan fingerprint density at radius 2 is 1.86 bits per heavy atom. The van der Waals surface area contributed by atoms with Gasteiger partial charge in [0.15, 0.2) is 0 Å². The molecule has 202 valence electrons. The summed E-state index contributed by atoms with van der Waals surface area (Å²) in [5.41, 5.74) is 0.190. The highest BCUT2D eigenvalue weighted by molar-refractivity contribution is 5.97. The van der Waals surface area contributed by atoms with Crippen LogP contribution in [-0.4, -0.2) is 54.3 Å². The fraction of sp³-hybridized carbons (Fsp3) is 0.571. The zero-order chi connectivity index (χ0) is 26.8. The van der Waals surface area contributed by atoms with Crippen molar-refractivity contribution in [1.29, 1.82) is 0 Å². The van der Waals surface area contributed by atoms with Crippen LogP contribution in [0.2, 0.25) is 0 Å². The molecular weight excluding hydrogens is 483 g/mol. The molecule has 2 aliphatic rings. The molecule has 0 N–H and O–H groups in total. The zero-order valence-corrected chi connectivity index (χ0v) is 22.0. The van der Waals surface area contributed by atoms with Crippen LogP contribution >= 0.6 is 0 Å². The number of likely N-dealkylation sites (N-methyl/N-ethyl adjacent to an activating group) is 1. The summed E-state index contributed by atoms with van der Waals surface area (Å²) in [6, 6.07) is 6.81. The average molecular weight is 520 g/mol. The first-order chi connectivity index (χ1) is 17.4. The number of alkyl halides is 3. The van der Waals surface area contributed by atoms with Gasteiger partial charge in [-0.05, 0) is 74.5 Å². The lowest BCUT2D eigenvalue weighted by atomic mass is 9.88. The van der Waals surface area contributed by atoms with E-state index >= 15 is 0 Å². The number of halogens is 3. The Bertz CT molecular complexity index is 1180. The van der Waals surface area contributed by atoms with Gasteiger partial charge < -0.3 is 18.9 Å². The molecule has 9 heteroatoms. The first-order valence-electron chi connectivity index (χ1n) is 12.9. The molecule has 0 saturated carbocycles. The van der Waals surface area contributed by atoms with Crippen molar-refractivity contribution < 1.29 is 27.4 Å². The second kappa shape index (κ2) is 11.0. The number of hydrogen-bond donors (Lipinski definition) is 0. The van der Waals surface area contributed by atoms with Crippen LogP contribution in [0.15, 0.2) is 41.5 Å². The number of hydrogen-bond acceptors (Lipinski definition) is 4. The maximum absolute atomic E-state index is 13.5. The van der Waals surface area contributed by atoms with E-state index in [4.69, 9.17) is 9.47 Å². The summed E-state index contributed by atoms with van der Waals surface area (Å²) in [6.07, 6.45) is 1.21. The number of carbonyl (C=O) groups excluding carboxylic acids is 1. The van der Waals surface area contributed by atoms with Gasteiger partial charge in [0, 0.05) is 18.8 Å². The Labute approximate surface area is 216 Å². The molecule has 2 aliphatic heterocycles. The third-order valence-electron chi connectivity index (χ3n) is 7.15. The van der Waals surface area contributed by atoms with Gasteiger partial charge in [-0.2, -0.15) is 18.2 Å². The number of carbonyl (C=O) groups is 1. The molecule has 2 fully saturated rings. The van der Waals surface area contributed by atoms with E-state index < -0.39 is 17.6 Å². The number of ether oxygens (including phenoxy) is 2. The highest BCUT2D eigenvalue weighted by atomic mass is 19.4. The molecule has 0 unspecified atom stereocenters. The first kappa shape index (κ1) is 27.4. The first-order valence-corrected chi connectivity index (χ1v) is 12.9. The van der Waals surface area contributed by atoms with Gasteiger partial charge in [-0.1, -0.05) is 26.8 Å². The lowest BCUT2D eigenvalue weighted by Crippen LogP contribution is -2.31. The second-order valence-electron chi connectivity index (χ2n) is 11.0. The maximum atomic E-state index is 13.5. The van der Waals surface area contributed by atoms with Gasteiger partial charge in [-0.3, -0.25) is 4.79 Å². The van der Waals surface area contributed by atoms with Crippen LogP contribution in [0.1, 0.15) is 67.9 Å². The molecule has 4 rings (SSSR count). The summed E-state index contributed by atoms with van der Waals surface area (Å²) in [6.45, 7) is 8.71. The van der Waals surface area contributed by atoms with Crippen molar-refractivity contribution in [3.63, 3.8) is 0 Å². The fourth-order valence-corrected chi connectivity index (χ4v) is 4.78. The minimum absolute atomic E-state index is 0.000114. The van der Waals surface area contributed by atoms with Gasteiger partial charge in [0.2, 0.25) is 0 Å². The van der Waals surface area contributed by atoms with Gasteiger partial charge >= 0.3 is 6.18 Å². The van der Waals surface area contributed by atoms with Gasteiger partial charge in [0.25, 0.3) is 5.91 Å². The molecule has 2 aromatic rings. The highest BCUT2D eigenvalue weighted by Gasteiger charge is 2.32. The molecule has 2 atom stereocenters. The summed E-state index contributed by atoms with van der Waals surface area (Å²) in [4.78, 5) is 19.8. The summed E-state index contributed by atoms with van der Waals surface area (Å²) in [5, 5.41) is 0. The monoisotopic (exact) mass is 519 g/mol. The van der Waals surface area contributed by atoms with Crippen molar-refractivity contribution in [2.45, 2.75) is 76.7 Å². The summed E-state index contributed by atoms with van der Waals surface area (Å²) >= 11 is 0.